The van der Waals surface area contributed by atoms with Crippen LogP contribution in [0.2, 0.25) is 0 Å². The Bertz CT molecular complexity index is 606. The van der Waals surface area contributed by atoms with Gasteiger partial charge in [-0.05, 0) is 38.8 Å². The predicted octanol–water partition coefficient (Wildman–Crippen LogP) is 3.41. The molecule has 0 spiro atoms. The second-order valence-corrected chi connectivity index (χ2v) is 7.03. The van der Waals surface area contributed by atoms with Crippen molar-refractivity contribution in [2.45, 2.75) is 52.6 Å². The second-order valence-electron chi connectivity index (χ2n) is 7.03. The molecule has 1 aromatic rings. The number of aliphatic hydroxyl groups is 1. The van der Waals surface area contributed by atoms with E-state index >= 15 is 0 Å². The number of hydrogen-bond acceptors (Lipinski definition) is 4. The number of hydrogen-bond donors (Lipinski definition) is 3. The first-order valence-corrected chi connectivity index (χ1v) is 9.56. The molecule has 0 radical (unpaired) electrons. The van der Waals surface area contributed by atoms with Gasteiger partial charge in [-0.1, -0.05) is 19.8 Å². The fourth-order valence-corrected chi connectivity index (χ4v) is 3.29. The largest absolute Gasteiger partial charge is 0.493 e. The quantitative estimate of drug-likeness (QED) is 0.511. The minimum atomic E-state index is -0.284. The third kappa shape index (κ3) is 5.27. The van der Waals surface area contributed by atoms with Crippen molar-refractivity contribution in [1.82, 2.24) is 5.32 Å². The Morgan fingerprint density at radius 2 is 2.12 bits per heavy atom. The minimum absolute atomic E-state index is 0.156. The molecule has 6 nitrogen and oxygen atoms in total. The van der Waals surface area contributed by atoms with Gasteiger partial charge in [0.05, 0.1) is 26.4 Å². The molecule has 3 N–H and O–H groups in total. The van der Waals surface area contributed by atoms with E-state index < -0.39 is 0 Å². The van der Waals surface area contributed by atoms with Crippen molar-refractivity contribution in [3.05, 3.63) is 18.2 Å². The van der Waals surface area contributed by atoms with Gasteiger partial charge in [0.1, 0.15) is 0 Å². The molecule has 146 valence electrons. The maximum absolute atomic E-state index is 10.4. The van der Waals surface area contributed by atoms with Crippen LogP contribution in [0, 0.1) is 5.41 Å². The summed E-state index contributed by atoms with van der Waals surface area (Å²) in [5, 5.41) is 17.0. The SMILES string of the molecule is CCNC(=NCC1(C)CCCCC1O)Nc1ccc(OCC)c(OC)c1. The van der Waals surface area contributed by atoms with Crippen LogP contribution in [0.3, 0.4) is 0 Å². The Morgan fingerprint density at radius 1 is 1.31 bits per heavy atom. The highest BCUT2D eigenvalue weighted by Gasteiger charge is 2.35. The number of nitrogens with one attached hydrogen (secondary N) is 2. The highest BCUT2D eigenvalue weighted by Crippen LogP contribution is 2.36. The molecule has 0 aromatic heterocycles. The monoisotopic (exact) mass is 363 g/mol. The highest BCUT2D eigenvalue weighted by molar-refractivity contribution is 5.93. The number of aliphatic imine (C=N–C) groups is 1. The van der Waals surface area contributed by atoms with Crippen LogP contribution in [0.4, 0.5) is 5.69 Å². The van der Waals surface area contributed by atoms with Gasteiger partial charge in [-0.3, -0.25) is 4.99 Å². The molecule has 0 bridgehead atoms. The summed E-state index contributed by atoms with van der Waals surface area (Å²) in [5.74, 6) is 2.11. The zero-order valence-electron chi connectivity index (χ0n) is 16.5. The van der Waals surface area contributed by atoms with Crippen LogP contribution in [-0.4, -0.2) is 44.0 Å². The van der Waals surface area contributed by atoms with E-state index in [0.29, 0.717) is 24.9 Å². The summed E-state index contributed by atoms with van der Waals surface area (Å²) in [6.07, 6.45) is 3.85. The molecule has 26 heavy (non-hydrogen) atoms. The normalized spacial score (nSPS) is 23.4. The van der Waals surface area contributed by atoms with Crippen molar-refractivity contribution in [1.29, 1.82) is 0 Å². The maximum Gasteiger partial charge on any atom is 0.195 e. The molecule has 0 amide bonds. The molecule has 2 unspecified atom stereocenters. The summed E-state index contributed by atoms with van der Waals surface area (Å²) in [7, 11) is 1.63. The van der Waals surface area contributed by atoms with Crippen molar-refractivity contribution in [3.63, 3.8) is 0 Å². The van der Waals surface area contributed by atoms with Crippen molar-refractivity contribution in [2.24, 2.45) is 10.4 Å². The van der Waals surface area contributed by atoms with Gasteiger partial charge in [-0.15, -0.1) is 0 Å². The lowest BCUT2D eigenvalue weighted by Crippen LogP contribution is -2.39. The van der Waals surface area contributed by atoms with Gasteiger partial charge in [-0.2, -0.15) is 0 Å². The Labute approximate surface area is 157 Å². The van der Waals surface area contributed by atoms with Gasteiger partial charge in [0.25, 0.3) is 0 Å². The van der Waals surface area contributed by atoms with Crippen LogP contribution in [0.5, 0.6) is 11.5 Å². The number of guanidine groups is 1. The minimum Gasteiger partial charge on any atom is -0.493 e. The fraction of sp³-hybridized carbons (Fsp3) is 0.650. The van der Waals surface area contributed by atoms with Crippen LogP contribution < -0.4 is 20.1 Å². The molecular weight excluding hydrogens is 330 g/mol. The van der Waals surface area contributed by atoms with Crippen LogP contribution in [0.25, 0.3) is 0 Å². The number of rotatable bonds is 7. The lowest BCUT2D eigenvalue weighted by Gasteiger charge is -2.37. The molecule has 2 atom stereocenters. The Balaban J connectivity index is 2.12. The van der Waals surface area contributed by atoms with E-state index in [1.807, 2.05) is 32.0 Å². The Kier molecular flexibility index (Phi) is 7.57. The predicted molar refractivity (Wildman–Crippen MR) is 106 cm³/mol. The summed E-state index contributed by atoms with van der Waals surface area (Å²) in [5.41, 5.74) is 0.719. The lowest BCUT2D eigenvalue weighted by molar-refractivity contribution is 0.00721. The van der Waals surface area contributed by atoms with E-state index in [2.05, 4.69) is 17.6 Å². The summed E-state index contributed by atoms with van der Waals surface area (Å²) in [6, 6.07) is 5.73. The number of aliphatic hydroxyl groups excluding tert-OH is 1. The average molecular weight is 364 g/mol. The molecule has 1 aliphatic carbocycles. The number of methoxy groups -OCH3 is 1. The Hall–Kier alpha value is -1.95. The smallest absolute Gasteiger partial charge is 0.195 e. The van der Waals surface area contributed by atoms with Gasteiger partial charge in [0, 0.05) is 23.7 Å². The van der Waals surface area contributed by atoms with Gasteiger partial charge >= 0.3 is 0 Å². The van der Waals surface area contributed by atoms with Gasteiger partial charge in [0.15, 0.2) is 17.5 Å². The van der Waals surface area contributed by atoms with E-state index in [1.165, 1.54) is 0 Å². The average Bonchev–Trinajstić information content (AvgIpc) is 2.64. The zero-order valence-corrected chi connectivity index (χ0v) is 16.5. The van der Waals surface area contributed by atoms with Crippen molar-refractivity contribution < 1.29 is 14.6 Å². The fourth-order valence-electron chi connectivity index (χ4n) is 3.29. The molecule has 1 aliphatic rings. The number of nitrogens with zero attached hydrogens (tertiary/aromatic N) is 1. The second kappa shape index (κ2) is 9.67. The maximum atomic E-state index is 10.4. The summed E-state index contributed by atoms with van der Waals surface area (Å²) < 4.78 is 11.0. The Morgan fingerprint density at radius 3 is 2.77 bits per heavy atom. The molecule has 1 aromatic carbocycles. The first kappa shape index (κ1) is 20.4. The molecule has 1 fully saturated rings. The molecule has 0 heterocycles. The summed E-state index contributed by atoms with van der Waals surface area (Å²) in [4.78, 5) is 4.73. The number of anilines is 1. The molecule has 0 saturated heterocycles. The standard InChI is InChI=1S/C20H33N3O3/c1-5-21-19(22-14-20(3)12-8-7-9-18(20)24)23-15-10-11-16(26-6-2)17(13-15)25-4/h10-11,13,18,24H,5-9,12,14H2,1-4H3,(H2,21,22,23). The molecule has 6 heteroatoms. The van der Waals surface area contributed by atoms with Crippen LogP contribution >= 0.6 is 0 Å². The van der Waals surface area contributed by atoms with Crippen molar-refractivity contribution in [3.8, 4) is 11.5 Å². The number of benzene rings is 1. The van der Waals surface area contributed by atoms with E-state index in [-0.39, 0.29) is 11.5 Å². The number of ether oxygens (including phenoxy) is 2. The van der Waals surface area contributed by atoms with E-state index in [9.17, 15) is 5.11 Å². The van der Waals surface area contributed by atoms with Gasteiger partial charge < -0.3 is 25.2 Å². The first-order valence-electron chi connectivity index (χ1n) is 9.56. The highest BCUT2D eigenvalue weighted by atomic mass is 16.5. The summed E-state index contributed by atoms with van der Waals surface area (Å²) >= 11 is 0. The van der Waals surface area contributed by atoms with Crippen LogP contribution in [0.1, 0.15) is 46.5 Å². The third-order valence-corrected chi connectivity index (χ3v) is 4.95. The molecule has 2 rings (SSSR count). The summed E-state index contributed by atoms with van der Waals surface area (Å²) in [6.45, 7) is 8.06. The van der Waals surface area contributed by atoms with Crippen LogP contribution in [0.15, 0.2) is 23.2 Å². The van der Waals surface area contributed by atoms with E-state index in [0.717, 1.165) is 43.7 Å². The van der Waals surface area contributed by atoms with Crippen molar-refractivity contribution in [2.75, 3.05) is 32.1 Å². The lowest BCUT2D eigenvalue weighted by atomic mass is 9.73. The van der Waals surface area contributed by atoms with Crippen LogP contribution in [-0.2, 0) is 0 Å². The molecule has 1 saturated carbocycles. The topological polar surface area (TPSA) is 75.1 Å². The first-order chi connectivity index (χ1) is 12.5. The molecule has 0 aliphatic heterocycles. The third-order valence-electron chi connectivity index (χ3n) is 4.95. The van der Waals surface area contributed by atoms with Crippen molar-refractivity contribution >= 4 is 11.6 Å². The van der Waals surface area contributed by atoms with E-state index in [4.69, 9.17) is 14.5 Å². The zero-order chi connectivity index (χ0) is 19.0. The molecular formula is C20H33N3O3. The van der Waals surface area contributed by atoms with Gasteiger partial charge in [0.2, 0.25) is 0 Å². The van der Waals surface area contributed by atoms with Gasteiger partial charge in [-0.25, -0.2) is 0 Å². The van der Waals surface area contributed by atoms with E-state index in [1.54, 1.807) is 7.11 Å².